The first-order valence-corrected chi connectivity index (χ1v) is 12.0. The van der Waals surface area contributed by atoms with E-state index in [4.69, 9.17) is 9.72 Å². The standard InChI is InChI=1S/C25H21FN8OS/c1-34(2)5-6-35-15-7-14(9-27-10-15)18-8-16-19(13-29-18)32-33-24(16)25-30-20-12-28-11-17(23(20)31-25)21-3-4-22(26)36-21/h3-4,7-13H,5-6H2,1-2H3,(H,30,31)(H,32,33). The Balaban J connectivity index is 1.37. The number of likely N-dealkylation sites (N-methyl/N-ethyl adjacent to an activating group) is 1. The van der Waals surface area contributed by atoms with Crippen LogP contribution in [0.4, 0.5) is 4.39 Å². The lowest BCUT2D eigenvalue weighted by Gasteiger charge is -2.11. The zero-order valence-corrected chi connectivity index (χ0v) is 20.3. The third-order valence-electron chi connectivity index (χ3n) is 5.72. The van der Waals surface area contributed by atoms with Crippen LogP contribution >= 0.6 is 11.3 Å². The number of hydrogen-bond donors (Lipinski definition) is 2. The molecule has 36 heavy (non-hydrogen) atoms. The number of nitrogens with zero attached hydrogens (tertiary/aromatic N) is 6. The number of nitrogens with one attached hydrogen (secondary N) is 2. The highest BCUT2D eigenvalue weighted by atomic mass is 32.1. The van der Waals surface area contributed by atoms with Gasteiger partial charge in [0.1, 0.15) is 23.6 Å². The van der Waals surface area contributed by atoms with Crippen molar-refractivity contribution in [3.05, 3.63) is 60.4 Å². The van der Waals surface area contributed by atoms with E-state index in [1.807, 2.05) is 26.2 Å². The smallest absolute Gasteiger partial charge is 0.176 e. The zero-order chi connectivity index (χ0) is 24.6. The third-order valence-corrected chi connectivity index (χ3v) is 6.63. The summed E-state index contributed by atoms with van der Waals surface area (Å²) in [5.41, 5.74) is 5.22. The first kappa shape index (κ1) is 22.3. The number of H-pyrrole nitrogens is 2. The molecule has 6 aromatic rings. The largest absolute Gasteiger partial charge is 0.491 e. The van der Waals surface area contributed by atoms with Gasteiger partial charge >= 0.3 is 0 Å². The Morgan fingerprint density at radius 2 is 1.92 bits per heavy atom. The molecule has 0 radical (unpaired) electrons. The molecule has 0 saturated carbocycles. The van der Waals surface area contributed by atoms with E-state index in [1.165, 1.54) is 6.07 Å². The predicted octanol–water partition coefficient (Wildman–Crippen LogP) is 4.77. The molecule has 0 saturated heterocycles. The predicted molar refractivity (Wildman–Crippen MR) is 137 cm³/mol. The zero-order valence-electron chi connectivity index (χ0n) is 19.5. The second-order valence-corrected chi connectivity index (χ2v) is 9.55. The molecule has 0 aliphatic rings. The van der Waals surface area contributed by atoms with Gasteiger partial charge in [-0.1, -0.05) is 0 Å². The van der Waals surface area contributed by atoms with E-state index in [0.29, 0.717) is 29.4 Å². The van der Waals surface area contributed by atoms with Crippen LogP contribution in [-0.2, 0) is 0 Å². The van der Waals surface area contributed by atoms with Gasteiger partial charge in [-0.15, -0.1) is 11.3 Å². The van der Waals surface area contributed by atoms with Gasteiger partial charge in [-0.05, 0) is 38.4 Å². The van der Waals surface area contributed by atoms with Crippen LogP contribution in [0.3, 0.4) is 0 Å². The Morgan fingerprint density at radius 1 is 1.03 bits per heavy atom. The van der Waals surface area contributed by atoms with Crippen LogP contribution in [0.25, 0.3) is 55.2 Å². The first-order chi connectivity index (χ1) is 17.5. The Morgan fingerprint density at radius 3 is 2.75 bits per heavy atom. The molecular weight excluding hydrogens is 479 g/mol. The first-order valence-electron chi connectivity index (χ1n) is 11.2. The van der Waals surface area contributed by atoms with E-state index >= 15 is 0 Å². The lowest BCUT2D eigenvalue weighted by Crippen LogP contribution is -2.19. The van der Waals surface area contributed by atoms with Gasteiger partial charge in [-0.3, -0.25) is 20.1 Å². The molecular formula is C25H21FN8OS. The number of imidazole rings is 1. The van der Waals surface area contributed by atoms with Gasteiger partial charge < -0.3 is 14.6 Å². The Kier molecular flexibility index (Phi) is 5.62. The van der Waals surface area contributed by atoms with Gasteiger partial charge in [0.15, 0.2) is 11.0 Å². The second-order valence-electron chi connectivity index (χ2n) is 8.52. The topological polar surface area (TPSA) is 109 Å². The molecule has 2 N–H and O–H groups in total. The molecule has 0 aliphatic carbocycles. The summed E-state index contributed by atoms with van der Waals surface area (Å²) in [5, 5.41) is 8.13. The minimum Gasteiger partial charge on any atom is -0.491 e. The fraction of sp³-hybridized carbons (Fsp3) is 0.160. The molecule has 0 atom stereocenters. The molecule has 180 valence electrons. The summed E-state index contributed by atoms with van der Waals surface area (Å²) in [7, 11) is 4.00. The SMILES string of the molecule is CN(C)CCOc1cncc(-c2cc3c(-c4nc5c(-c6ccc(F)s6)cncc5[nH]4)n[nH]c3cn2)c1. The average molecular weight is 501 g/mol. The highest BCUT2D eigenvalue weighted by Gasteiger charge is 2.17. The van der Waals surface area contributed by atoms with Gasteiger partial charge in [-0.2, -0.15) is 9.49 Å². The normalized spacial score (nSPS) is 11.7. The number of rotatable bonds is 7. The lowest BCUT2D eigenvalue weighted by molar-refractivity contribution is 0.261. The second kappa shape index (κ2) is 9.10. The Bertz CT molecular complexity index is 1690. The highest BCUT2D eigenvalue weighted by Crippen LogP contribution is 2.34. The Hall–Kier alpha value is -4.22. The maximum absolute atomic E-state index is 13.6. The maximum atomic E-state index is 13.6. The van der Waals surface area contributed by atoms with Crippen molar-refractivity contribution < 1.29 is 9.13 Å². The van der Waals surface area contributed by atoms with Gasteiger partial charge in [0.2, 0.25) is 0 Å². The molecule has 0 fully saturated rings. The molecule has 0 unspecified atom stereocenters. The number of ether oxygens (including phenoxy) is 1. The van der Waals surface area contributed by atoms with Crippen molar-refractivity contribution in [1.29, 1.82) is 0 Å². The van der Waals surface area contributed by atoms with Crippen molar-refractivity contribution in [1.82, 2.24) is 40.0 Å². The summed E-state index contributed by atoms with van der Waals surface area (Å²) in [6, 6.07) is 7.06. The van der Waals surface area contributed by atoms with Crippen LogP contribution in [0.15, 0.2) is 55.2 Å². The van der Waals surface area contributed by atoms with Crippen LogP contribution in [0.2, 0.25) is 0 Å². The van der Waals surface area contributed by atoms with Crippen molar-refractivity contribution >= 4 is 33.3 Å². The van der Waals surface area contributed by atoms with Gasteiger partial charge in [0.05, 0.1) is 35.3 Å². The number of pyridine rings is 3. The fourth-order valence-electron chi connectivity index (χ4n) is 3.92. The summed E-state index contributed by atoms with van der Waals surface area (Å²) in [6.45, 7) is 1.38. The van der Waals surface area contributed by atoms with Crippen LogP contribution in [0.1, 0.15) is 0 Å². The van der Waals surface area contributed by atoms with Crippen LogP contribution in [0, 0.1) is 5.13 Å². The van der Waals surface area contributed by atoms with E-state index in [0.717, 1.165) is 56.0 Å². The van der Waals surface area contributed by atoms with Crippen LogP contribution in [-0.4, -0.2) is 67.3 Å². The molecule has 0 aliphatic heterocycles. The lowest BCUT2D eigenvalue weighted by atomic mass is 10.1. The maximum Gasteiger partial charge on any atom is 0.176 e. The minimum absolute atomic E-state index is 0.252. The number of thiophene rings is 1. The molecule has 0 spiro atoms. The number of hydrogen-bond acceptors (Lipinski definition) is 8. The van der Waals surface area contributed by atoms with Gasteiger partial charge in [0, 0.05) is 40.3 Å². The molecule has 0 bridgehead atoms. The molecule has 6 heterocycles. The fourth-order valence-corrected chi connectivity index (χ4v) is 4.67. The van der Waals surface area contributed by atoms with E-state index < -0.39 is 0 Å². The van der Waals surface area contributed by atoms with Crippen molar-refractivity contribution in [3.63, 3.8) is 0 Å². The molecule has 11 heteroatoms. The number of fused-ring (bicyclic) bond motifs is 2. The van der Waals surface area contributed by atoms with Crippen LogP contribution < -0.4 is 4.74 Å². The molecule has 6 aromatic heterocycles. The van der Waals surface area contributed by atoms with Crippen LogP contribution in [0.5, 0.6) is 5.75 Å². The summed E-state index contributed by atoms with van der Waals surface area (Å²) < 4.78 is 19.5. The molecule has 6 rings (SSSR count). The summed E-state index contributed by atoms with van der Waals surface area (Å²) in [6.07, 6.45) is 8.59. The van der Waals surface area contributed by atoms with E-state index in [2.05, 4.69) is 35.0 Å². The summed E-state index contributed by atoms with van der Waals surface area (Å²) >= 11 is 1.06. The third kappa shape index (κ3) is 4.18. The van der Waals surface area contributed by atoms with Gasteiger partial charge in [-0.25, -0.2) is 4.98 Å². The number of aromatic amines is 2. The highest BCUT2D eigenvalue weighted by molar-refractivity contribution is 7.14. The van der Waals surface area contributed by atoms with Crippen molar-refractivity contribution in [2.24, 2.45) is 0 Å². The van der Waals surface area contributed by atoms with E-state index in [1.54, 1.807) is 37.1 Å². The minimum atomic E-state index is -0.252. The average Bonchev–Trinajstić information content (AvgIpc) is 3.61. The Labute approximate surface area is 209 Å². The molecule has 0 amide bonds. The van der Waals surface area contributed by atoms with Crippen molar-refractivity contribution in [2.75, 3.05) is 27.2 Å². The molecule has 0 aromatic carbocycles. The van der Waals surface area contributed by atoms with Crippen molar-refractivity contribution in [2.45, 2.75) is 0 Å². The quantitative estimate of drug-likeness (QED) is 0.325. The molecule has 9 nitrogen and oxygen atoms in total. The monoisotopic (exact) mass is 500 g/mol. The number of aromatic nitrogens is 7. The van der Waals surface area contributed by atoms with E-state index in [9.17, 15) is 4.39 Å². The summed E-state index contributed by atoms with van der Waals surface area (Å²) in [4.78, 5) is 24.1. The van der Waals surface area contributed by atoms with E-state index in [-0.39, 0.29) is 5.13 Å². The van der Waals surface area contributed by atoms with Crippen molar-refractivity contribution in [3.8, 4) is 39.0 Å². The summed E-state index contributed by atoms with van der Waals surface area (Å²) in [5.74, 6) is 1.27. The number of halogens is 1. The van der Waals surface area contributed by atoms with Gasteiger partial charge in [0.25, 0.3) is 0 Å².